The molecule has 0 aliphatic carbocycles. The second-order valence-electron chi connectivity index (χ2n) is 4.53. The third-order valence-corrected chi connectivity index (χ3v) is 2.76. The van der Waals surface area contributed by atoms with E-state index in [1.807, 2.05) is 18.2 Å². The van der Waals surface area contributed by atoms with E-state index in [2.05, 4.69) is 5.32 Å². The summed E-state index contributed by atoms with van der Waals surface area (Å²) in [6.07, 6.45) is 0.148. The van der Waals surface area contributed by atoms with E-state index in [4.69, 9.17) is 10.4 Å². The molecule has 2 N–H and O–H groups in total. The van der Waals surface area contributed by atoms with Crippen LogP contribution in [0.3, 0.4) is 0 Å². The van der Waals surface area contributed by atoms with E-state index in [1.54, 1.807) is 26.1 Å². The fourth-order valence-corrected chi connectivity index (χ4v) is 1.49. The standard InChI is InChI=1S/C14H19N3O2/c1-11(18)7-8-17(2)14(19)16-10-13-5-3-12(9-15)4-6-13/h3-6,11,18H,7-8,10H2,1-2H3,(H,16,19). The molecule has 1 aromatic carbocycles. The van der Waals surface area contributed by atoms with Gasteiger partial charge in [0.2, 0.25) is 0 Å². The average Bonchev–Trinajstić information content (AvgIpc) is 2.42. The van der Waals surface area contributed by atoms with Gasteiger partial charge in [-0.3, -0.25) is 0 Å². The number of amides is 2. The lowest BCUT2D eigenvalue weighted by Crippen LogP contribution is -2.38. The molecule has 0 aliphatic rings. The number of carbonyl (C=O) groups is 1. The summed E-state index contributed by atoms with van der Waals surface area (Å²) in [5.41, 5.74) is 1.54. The molecule has 0 saturated heterocycles. The Morgan fingerprint density at radius 2 is 2.11 bits per heavy atom. The molecule has 1 atom stereocenters. The topological polar surface area (TPSA) is 76.4 Å². The zero-order valence-corrected chi connectivity index (χ0v) is 11.3. The molecule has 2 amide bonds. The molecule has 0 heterocycles. The van der Waals surface area contributed by atoms with Crippen LogP contribution in [-0.4, -0.2) is 35.7 Å². The number of carbonyl (C=O) groups excluding carboxylic acids is 1. The van der Waals surface area contributed by atoms with Gasteiger partial charge in [-0.05, 0) is 31.0 Å². The third-order valence-electron chi connectivity index (χ3n) is 2.76. The van der Waals surface area contributed by atoms with Crippen LogP contribution in [-0.2, 0) is 6.54 Å². The number of hydrogen-bond donors (Lipinski definition) is 2. The lowest BCUT2D eigenvalue weighted by Gasteiger charge is -2.18. The van der Waals surface area contributed by atoms with E-state index >= 15 is 0 Å². The average molecular weight is 261 g/mol. The minimum absolute atomic E-state index is 0.176. The van der Waals surface area contributed by atoms with Crippen molar-refractivity contribution in [1.82, 2.24) is 10.2 Å². The van der Waals surface area contributed by atoms with Crippen LogP contribution in [0.2, 0.25) is 0 Å². The number of benzene rings is 1. The lowest BCUT2D eigenvalue weighted by atomic mass is 10.1. The summed E-state index contributed by atoms with van der Waals surface area (Å²) in [5.74, 6) is 0. The van der Waals surface area contributed by atoms with Crippen molar-refractivity contribution < 1.29 is 9.90 Å². The van der Waals surface area contributed by atoms with E-state index in [0.717, 1.165) is 5.56 Å². The van der Waals surface area contributed by atoms with Crippen molar-refractivity contribution >= 4 is 6.03 Å². The number of aliphatic hydroxyl groups excluding tert-OH is 1. The van der Waals surface area contributed by atoms with E-state index < -0.39 is 6.10 Å². The second-order valence-corrected chi connectivity index (χ2v) is 4.53. The predicted molar refractivity (Wildman–Crippen MR) is 72.3 cm³/mol. The fraction of sp³-hybridized carbons (Fsp3) is 0.429. The summed E-state index contributed by atoms with van der Waals surface area (Å²) in [6.45, 7) is 2.63. The Kier molecular flexibility index (Phi) is 5.83. The number of rotatable bonds is 5. The molecule has 0 fully saturated rings. The summed E-state index contributed by atoms with van der Waals surface area (Å²) >= 11 is 0. The molecular weight excluding hydrogens is 242 g/mol. The molecular formula is C14H19N3O2. The maximum Gasteiger partial charge on any atom is 0.317 e. The van der Waals surface area contributed by atoms with Crippen LogP contribution in [0.5, 0.6) is 0 Å². The van der Waals surface area contributed by atoms with Gasteiger partial charge in [0.25, 0.3) is 0 Å². The van der Waals surface area contributed by atoms with Gasteiger partial charge in [-0.1, -0.05) is 12.1 Å². The number of hydrogen-bond acceptors (Lipinski definition) is 3. The Hall–Kier alpha value is -2.06. The predicted octanol–water partition coefficient (Wildman–Crippen LogP) is 1.47. The largest absolute Gasteiger partial charge is 0.393 e. The highest BCUT2D eigenvalue weighted by atomic mass is 16.3. The van der Waals surface area contributed by atoms with Gasteiger partial charge in [0.1, 0.15) is 0 Å². The fourth-order valence-electron chi connectivity index (χ4n) is 1.49. The van der Waals surface area contributed by atoms with E-state index in [9.17, 15) is 4.79 Å². The van der Waals surface area contributed by atoms with Crippen molar-refractivity contribution in [3.63, 3.8) is 0 Å². The Morgan fingerprint density at radius 1 is 1.47 bits per heavy atom. The molecule has 1 aromatic rings. The Labute approximate surface area is 113 Å². The molecule has 0 spiro atoms. The van der Waals surface area contributed by atoms with Crippen LogP contribution in [0.4, 0.5) is 4.79 Å². The summed E-state index contributed by atoms with van der Waals surface area (Å²) in [5, 5.41) is 20.6. The van der Waals surface area contributed by atoms with Gasteiger partial charge in [-0.15, -0.1) is 0 Å². The van der Waals surface area contributed by atoms with Crippen molar-refractivity contribution in [2.24, 2.45) is 0 Å². The molecule has 0 aromatic heterocycles. The number of urea groups is 1. The molecule has 0 saturated carbocycles. The van der Waals surface area contributed by atoms with Gasteiger partial charge in [0.05, 0.1) is 17.7 Å². The highest BCUT2D eigenvalue weighted by molar-refractivity contribution is 5.73. The van der Waals surface area contributed by atoms with Crippen LogP contribution >= 0.6 is 0 Å². The Balaban J connectivity index is 2.38. The Morgan fingerprint density at radius 3 is 2.63 bits per heavy atom. The van der Waals surface area contributed by atoms with Crippen LogP contribution in [0.15, 0.2) is 24.3 Å². The quantitative estimate of drug-likeness (QED) is 0.842. The molecule has 19 heavy (non-hydrogen) atoms. The monoisotopic (exact) mass is 261 g/mol. The van der Waals surface area contributed by atoms with Crippen LogP contribution < -0.4 is 5.32 Å². The second kappa shape index (κ2) is 7.39. The van der Waals surface area contributed by atoms with Crippen LogP contribution in [0, 0.1) is 11.3 Å². The first-order valence-corrected chi connectivity index (χ1v) is 6.19. The maximum absolute atomic E-state index is 11.7. The van der Waals surface area contributed by atoms with Crippen molar-refractivity contribution in [2.75, 3.05) is 13.6 Å². The van der Waals surface area contributed by atoms with Gasteiger partial charge >= 0.3 is 6.03 Å². The van der Waals surface area contributed by atoms with E-state index in [1.165, 1.54) is 4.90 Å². The van der Waals surface area contributed by atoms with Gasteiger partial charge in [-0.25, -0.2) is 4.79 Å². The molecule has 1 rings (SSSR count). The summed E-state index contributed by atoms with van der Waals surface area (Å²) < 4.78 is 0. The number of nitriles is 1. The number of nitrogens with one attached hydrogen (secondary N) is 1. The highest BCUT2D eigenvalue weighted by Crippen LogP contribution is 2.03. The van der Waals surface area contributed by atoms with Crippen LogP contribution in [0.25, 0.3) is 0 Å². The molecule has 0 radical (unpaired) electrons. The minimum Gasteiger partial charge on any atom is -0.393 e. The van der Waals surface area contributed by atoms with Crippen molar-refractivity contribution in [1.29, 1.82) is 5.26 Å². The van der Waals surface area contributed by atoms with Gasteiger partial charge in [-0.2, -0.15) is 5.26 Å². The van der Waals surface area contributed by atoms with Crippen molar-refractivity contribution in [3.8, 4) is 6.07 Å². The zero-order valence-electron chi connectivity index (χ0n) is 11.3. The smallest absolute Gasteiger partial charge is 0.317 e. The normalized spacial score (nSPS) is 11.5. The minimum atomic E-state index is -0.409. The van der Waals surface area contributed by atoms with Crippen molar-refractivity contribution in [2.45, 2.75) is 26.0 Å². The molecule has 0 bridgehead atoms. The third kappa shape index (κ3) is 5.40. The Bertz CT molecular complexity index is 449. The lowest BCUT2D eigenvalue weighted by molar-refractivity contribution is 0.163. The molecule has 5 heteroatoms. The van der Waals surface area contributed by atoms with Gasteiger partial charge in [0, 0.05) is 20.1 Å². The molecule has 1 unspecified atom stereocenters. The van der Waals surface area contributed by atoms with Crippen LogP contribution in [0.1, 0.15) is 24.5 Å². The highest BCUT2D eigenvalue weighted by Gasteiger charge is 2.08. The summed E-state index contributed by atoms with van der Waals surface area (Å²) in [6, 6.07) is 8.94. The first-order chi connectivity index (χ1) is 9.02. The number of nitrogens with zero attached hydrogens (tertiary/aromatic N) is 2. The first-order valence-electron chi connectivity index (χ1n) is 6.19. The summed E-state index contributed by atoms with van der Waals surface area (Å²) in [4.78, 5) is 13.3. The first kappa shape index (κ1) is 15.0. The molecule has 102 valence electrons. The molecule has 0 aliphatic heterocycles. The van der Waals surface area contributed by atoms with Gasteiger partial charge < -0.3 is 15.3 Å². The van der Waals surface area contributed by atoms with E-state index in [0.29, 0.717) is 25.1 Å². The SMILES string of the molecule is CC(O)CCN(C)C(=O)NCc1ccc(C#N)cc1. The van der Waals surface area contributed by atoms with Gasteiger partial charge in [0.15, 0.2) is 0 Å². The number of aliphatic hydroxyl groups is 1. The van der Waals surface area contributed by atoms with Crippen molar-refractivity contribution in [3.05, 3.63) is 35.4 Å². The van der Waals surface area contributed by atoms with E-state index in [-0.39, 0.29) is 6.03 Å². The zero-order chi connectivity index (χ0) is 14.3. The maximum atomic E-state index is 11.7. The summed E-state index contributed by atoms with van der Waals surface area (Å²) in [7, 11) is 1.69. The molecule has 5 nitrogen and oxygen atoms in total.